The van der Waals surface area contributed by atoms with Gasteiger partial charge >= 0.3 is 6.03 Å². The molecular weight excluding hydrogens is 324 g/mol. The Labute approximate surface area is 143 Å². The molecule has 24 heavy (non-hydrogen) atoms. The van der Waals surface area contributed by atoms with Crippen molar-refractivity contribution >= 4 is 29.0 Å². The van der Waals surface area contributed by atoms with Crippen molar-refractivity contribution in [3.63, 3.8) is 0 Å². The second-order valence-corrected chi connectivity index (χ2v) is 6.23. The number of urea groups is 1. The van der Waals surface area contributed by atoms with E-state index in [-0.39, 0.29) is 18.5 Å². The third kappa shape index (κ3) is 3.73. The summed E-state index contributed by atoms with van der Waals surface area (Å²) in [5, 5.41) is 8.07. The molecule has 1 aliphatic heterocycles. The van der Waals surface area contributed by atoms with Gasteiger partial charge in [0.05, 0.1) is 11.6 Å². The van der Waals surface area contributed by atoms with E-state index in [2.05, 4.69) is 27.5 Å². The molecule has 0 spiro atoms. The van der Waals surface area contributed by atoms with Gasteiger partial charge in [0.1, 0.15) is 5.69 Å². The number of carbonyl (C=O) groups is 2. The Kier molecular flexibility index (Phi) is 4.77. The monoisotopic (exact) mass is 340 g/mol. The van der Waals surface area contributed by atoms with E-state index in [0.29, 0.717) is 18.8 Å². The van der Waals surface area contributed by atoms with E-state index in [9.17, 15) is 9.59 Å². The van der Waals surface area contributed by atoms with Crippen molar-refractivity contribution < 1.29 is 9.59 Å². The van der Waals surface area contributed by atoms with Crippen LogP contribution in [0.5, 0.6) is 0 Å². The highest BCUT2D eigenvalue weighted by Gasteiger charge is 2.20. The molecule has 3 rings (SSSR count). The van der Waals surface area contributed by atoms with E-state index in [1.54, 1.807) is 10.3 Å². The molecule has 1 fully saturated rings. The van der Waals surface area contributed by atoms with Gasteiger partial charge in [-0.1, -0.05) is 11.8 Å². The lowest BCUT2D eigenvalue weighted by atomic mass is 10.2. The summed E-state index contributed by atoms with van der Waals surface area (Å²) in [6, 6.07) is 7.38. The van der Waals surface area contributed by atoms with Crippen molar-refractivity contribution in [3.05, 3.63) is 45.9 Å². The van der Waals surface area contributed by atoms with E-state index in [0.717, 1.165) is 16.3 Å². The van der Waals surface area contributed by atoms with Crippen molar-refractivity contribution in [2.75, 3.05) is 24.5 Å². The van der Waals surface area contributed by atoms with Crippen molar-refractivity contribution in [2.45, 2.75) is 6.92 Å². The van der Waals surface area contributed by atoms with E-state index in [4.69, 9.17) is 0 Å². The Bertz CT molecular complexity index is 817. The van der Waals surface area contributed by atoms with Crippen LogP contribution >= 0.6 is 11.3 Å². The molecular formula is C17H16N4O2S. The molecule has 122 valence electrons. The smallest absolute Gasteiger partial charge is 0.321 e. The van der Waals surface area contributed by atoms with Gasteiger partial charge in [0, 0.05) is 29.7 Å². The molecule has 2 aromatic rings. The first-order valence-electron chi connectivity index (χ1n) is 7.48. The second kappa shape index (κ2) is 7.15. The summed E-state index contributed by atoms with van der Waals surface area (Å²) >= 11 is 1.44. The highest BCUT2D eigenvalue weighted by atomic mass is 32.1. The van der Waals surface area contributed by atoms with Crippen molar-refractivity contribution in [3.8, 4) is 11.8 Å². The van der Waals surface area contributed by atoms with E-state index < -0.39 is 0 Å². The zero-order chi connectivity index (χ0) is 16.9. The minimum atomic E-state index is -0.218. The van der Waals surface area contributed by atoms with Gasteiger partial charge in [-0.05, 0) is 31.2 Å². The Morgan fingerprint density at radius 2 is 2.21 bits per heavy atom. The normalized spacial score (nSPS) is 13.2. The summed E-state index contributed by atoms with van der Waals surface area (Å²) in [6.07, 6.45) is 0. The first-order valence-corrected chi connectivity index (χ1v) is 8.36. The fraction of sp³-hybridized carbons (Fsp3) is 0.235. The van der Waals surface area contributed by atoms with Crippen LogP contribution in [-0.4, -0.2) is 36.6 Å². The van der Waals surface area contributed by atoms with Crippen LogP contribution < -0.4 is 15.5 Å². The van der Waals surface area contributed by atoms with Crippen LogP contribution in [0.2, 0.25) is 0 Å². The van der Waals surface area contributed by atoms with E-state index in [1.165, 1.54) is 11.3 Å². The summed E-state index contributed by atoms with van der Waals surface area (Å²) in [6.45, 7) is 3.45. The van der Waals surface area contributed by atoms with Crippen LogP contribution in [0.15, 0.2) is 29.6 Å². The minimum Gasteiger partial charge on any atom is -0.340 e. The van der Waals surface area contributed by atoms with Crippen LogP contribution in [-0.2, 0) is 0 Å². The molecule has 2 heterocycles. The fourth-order valence-corrected chi connectivity index (χ4v) is 2.86. The minimum absolute atomic E-state index is 0.0752. The number of thiazole rings is 1. The molecule has 0 atom stereocenters. The van der Waals surface area contributed by atoms with Crippen LogP contribution in [0, 0.1) is 18.8 Å². The molecule has 2 N–H and O–H groups in total. The topological polar surface area (TPSA) is 74.3 Å². The van der Waals surface area contributed by atoms with Gasteiger partial charge in [-0.15, -0.1) is 11.3 Å². The molecule has 0 saturated carbocycles. The quantitative estimate of drug-likeness (QED) is 0.836. The Morgan fingerprint density at radius 3 is 2.83 bits per heavy atom. The zero-order valence-electron chi connectivity index (χ0n) is 13.1. The van der Waals surface area contributed by atoms with Gasteiger partial charge in [-0.25, -0.2) is 9.78 Å². The summed E-state index contributed by atoms with van der Waals surface area (Å²) < 4.78 is 0. The Hall–Kier alpha value is -2.85. The summed E-state index contributed by atoms with van der Waals surface area (Å²) in [5.74, 6) is 5.67. The molecule has 0 radical (unpaired) electrons. The Morgan fingerprint density at radius 1 is 1.42 bits per heavy atom. The molecule has 7 heteroatoms. The van der Waals surface area contributed by atoms with Crippen LogP contribution in [0.1, 0.15) is 21.1 Å². The predicted octanol–water partition coefficient (Wildman–Crippen LogP) is 1.76. The highest BCUT2D eigenvalue weighted by Crippen LogP contribution is 2.16. The Balaban J connectivity index is 1.54. The van der Waals surface area contributed by atoms with Gasteiger partial charge in [0.25, 0.3) is 5.91 Å². The predicted molar refractivity (Wildman–Crippen MR) is 93.2 cm³/mol. The number of hydrogen-bond donors (Lipinski definition) is 2. The first-order chi connectivity index (χ1) is 11.6. The average molecular weight is 340 g/mol. The molecule has 1 aromatic heterocycles. The largest absolute Gasteiger partial charge is 0.340 e. The van der Waals surface area contributed by atoms with Crippen LogP contribution in [0.3, 0.4) is 0 Å². The number of aryl methyl sites for hydroxylation is 1. The molecule has 1 saturated heterocycles. The lowest BCUT2D eigenvalue weighted by Gasteiger charge is -2.13. The van der Waals surface area contributed by atoms with Crippen LogP contribution in [0.25, 0.3) is 0 Å². The third-order valence-electron chi connectivity index (χ3n) is 3.46. The standard InChI is InChI=1S/C17H16N4O2S/c1-12-20-15(11-24-12)16(22)18-8-2-3-13-4-6-14(7-5-13)21-10-9-19-17(21)23/h4-7,11H,8-10H2,1H3,(H,18,22)(H,19,23). The number of aromatic nitrogens is 1. The number of hydrogen-bond acceptors (Lipinski definition) is 4. The molecule has 1 aromatic carbocycles. The number of anilines is 1. The highest BCUT2D eigenvalue weighted by molar-refractivity contribution is 7.09. The second-order valence-electron chi connectivity index (χ2n) is 5.17. The lowest BCUT2D eigenvalue weighted by molar-refractivity contribution is 0.0954. The van der Waals surface area contributed by atoms with Crippen molar-refractivity contribution in [1.82, 2.24) is 15.6 Å². The van der Waals surface area contributed by atoms with Crippen LogP contribution in [0.4, 0.5) is 10.5 Å². The molecule has 3 amide bonds. The molecule has 0 bridgehead atoms. The van der Waals surface area contributed by atoms with Gasteiger partial charge in [0.2, 0.25) is 0 Å². The third-order valence-corrected chi connectivity index (χ3v) is 4.23. The summed E-state index contributed by atoms with van der Waals surface area (Å²) in [7, 11) is 0. The molecule has 1 aliphatic rings. The lowest BCUT2D eigenvalue weighted by Crippen LogP contribution is -2.27. The first kappa shape index (κ1) is 16.0. The summed E-state index contributed by atoms with van der Waals surface area (Å²) in [5.41, 5.74) is 2.10. The van der Waals surface area contributed by atoms with Gasteiger partial charge in [-0.2, -0.15) is 0 Å². The van der Waals surface area contributed by atoms with E-state index >= 15 is 0 Å². The number of rotatable bonds is 3. The summed E-state index contributed by atoms with van der Waals surface area (Å²) in [4.78, 5) is 29.2. The van der Waals surface area contributed by atoms with Gasteiger partial charge < -0.3 is 10.6 Å². The van der Waals surface area contributed by atoms with Gasteiger partial charge in [0.15, 0.2) is 0 Å². The zero-order valence-corrected chi connectivity index (χ0v) is 13.9. The number of carbonyl (C=O) groups excluding carboxylic acids is 2. The van der Waals surface area contributed by atoms with Gasteiger partial charge in [-0.3, -0.25) is 9.69 Å². The molecule has 0 unspecified atom stereocenters. The van der Waals surface area contributed by atoms with Crippen molar-refractivity contribution in [2.24, 2.45) is 0 Å². The fourth-order valence-electron chi connectivity index (χ4n) is 2.27. The number of amides is 3. The number of benzene rings is 1. The molecule has 6 nitrogen and oxygen atoms in total. The number of nitrogens with zero attached hydrogens (tertiary/aromatic N) is 2. The van der Waals surface area contributed by atoms with Crippen molar-refractivity contribution in [1.29, 1.82) is 0 Å². The maximum Gasteiger partial charge on any atom is 0.321 e. The molecule has 0 aliphatic carbocycles. The maximum absolute atomic E-state index is 11.8. The number of nitrogens with one attached hydrogen (secondary N) is 2. The maximum atomic E-state index is 11.8. The average Bonchev–Trinajstić information content (AvgIpc) is 3.20. The SMILES string of the molecule is Cc1nc(C(=O)NCC#Cc2ccc(N3CCNC3=O)cc2)cs1. The van der Waals surface area contributed by atoms with E-state index in [1.807, 2.05) is 31.2 Å².